The zero-order valence-electron chi connectivity index (χ0n) is 12.8. The summed E-state index contributed by atoms with van der Waals surface area (Å²) in [5.74, 6) is 0.689. The van der Waals surface area contributed by atoms with Gasteiger partial charge in [-0.25, -0.2) is 0 Å². The summed E-state index contributed by atoms with van der Waals surface area (Å²) in [4.78, 5) is 2.36. The molecule has 1 atom stereocenters. The first-order valence-corrected chi connectivity index (χ1v) is 6.85. The second-order valence-corrected chi connectivity index (χ2v) is 4.39. The summed E-state index contributed by atoms with van der Waals surface area (Å²) in [7, 11) is 2.18. The maximum atomic E-state index is 5.43. The number of likely N-dealkylation sites (tertiary alicyclic amines) is 1. The van der Waals surface area contributed by atoms with Crippen LogP contribution in [0, 0.1) is 11.3 Å². The molecule has 0 bridgehead atoms. The van der Waals surface area contributed by atoms with Crippen molar-refractivity contribution >= 4 is 0 Å². The fourth-order valence-electron chi connectivity index (χ4n) is 1.99. The van der Waals surface area contributed by atoms with E-state index in [-0.39, 0.29) is 0 Å². The van der Waals surface area contributed by atoms with Crippen LogP contribution in [0.4, 0.5) is 0 Å². The SMILES string of the molecule is CC.CC.CCOCC(C)C1(C)CN(C)C1. The van der Waals surface area contributed by atoms with Crippen molar-refractivity contribution in [2.45, 2.75) is 48.5 Å². The van der Waals surface area contributed by atoms with Gasteiger partial charge in [0.1, 0.15) is 0 Å². The van der Waals surface area contributed by atoms with Crippen molar-refractivity contribution in [3.8, 4) is 0 Å². The Morgan fingerprint density at radius 1 is 1.19 bits per heavy atom. The van der Waals surface area contributed by atoms with Gasteiger partial charge in [0.05, 0.1) is 0 Å². The molecule has 0 aromatic heterocycles. The molecule has 16 heavy (non-hydrogen) atoms. The van der Waals surface area contributed by atoms with E-state index in [2.05, 4.69) is 32.7 Å². The first kappa shape index (κ1) is 18.3. The lowest BCUT2D eigenvalue weighted by Crippen LogP contribution is -2.56. The summed E-state index contributed by atoms with van der Waals surface area (Å²) in [5.41, 5.74) is 0.504. The average Bonchev–Trinajstić information content (AvgIpc) is 2.29. The van der Waals surface area contributed by atoms with Crippen LogP contribution in [0.15, 0.2) is 0 Å². The molecule has 1 fully saturated rings. The lowest BCUT2D eigenvalue weighted by atomic mass is 9.72. The number of nitrogens with zero attached hydrogens (tertiary/aromatic N) is 1. The van der Waals surface area contributed by atoms with Gasteiger partial charge in [0.15, 0.2) is 0 Å². The first-order chi connectivity index (χ1) is 7.58. The van der Waals surface area contributed by atoms with Crippen LogP contribution >= 0.6 is 0 Å². The van der Waals surface area contributed by atoms with Crippen LogP contribution in [-0.4, -0.2) is 38.3 Å². The Balaban J connectivity index is 0. The van der Waals surface area contributed by atoms with Crippen LogP contribution in [0.5, 0.6) is 0 Å². The number of rotatable bonds is 4. The van der Waals surface area contributed by atoms with E-state index < -0.39 is 0 Å². The minimum absolute atomic E-state index is 0.504. The van der Waals surface area contributed by atoms with Crippen LogP contribution < -0.4 is 0 Å². The Morgan fingerprint density at radius 3 is 1.94 bits per heavy atom. The van der Waals surface area contributed by atoms with Gasteiger partial charge in [0.25, 0.3) is 0 Å². The van der Waals surface area contributed by atoms with Gasteiger partial charge >= 0.3 is 0 Å². The minimum Gasteiger partial charge on any atom is -0.381 e. The third kappa shape index (κ3) is 5.86. The van der Waals surface area contributed by atoms with Crippen LogP contribution in [0.3, 0.4) is 0 Å². The van der Waals surface area contributed by atoms with Crippen LogP contribution in [0.25, 0.3) is 0 Å². The largest absolute Gasteiger partial charge is 0.381 e. The molecule has 0 N–H and O–H groups in total. The summed E-state index contributed by atoms with van der Waals surface area (Å²) in [5, 5.41) is 0. The third-order valence-electron chi connectivity index (χ3n) is 3.02. The van der Waals surface area contributed by atoms with E-state index >= 15 is 0 Å². The molecule has 0 saturated carbocycles. The summed E-state index contributed by atoms with van der Waals surface area (Å²) in [6.07, 6.45) is 0. The summed E-state index contributed by atoms with van der Waals surface area (Å²) in [6, 6.07) is 0. The fourth-order valence-corrected chi connectivity index (χ4v) is 1.99. The molecule has 0 radical (unpaired) electrons. The van der Waals surface area contributed by atoms with E-state index in [0.717, 1.165) is 13.2 Å². The van der Waals surface area contributed by atoms with Crippen LogP contribution in [0.2, 0.25) is 0 Å². The second kappa shape index (κ2) is 10.1. The van der Waals surface area contributed by atoms with Gasteiger partial charge in [0.2, 0.25) is 0 Å². The molecule has 1 unspecified atom stereocenters. The Bertz CT molecular complexity index is 142. The molecule has 1 rings (SSSR count). The smallest absolute Gasteiger partial charge is 0.0497 e. The van der Waals surface area contributed by atoms with Crippen molar-refractivity contribution in [3.63, 3.8) is 0 Å². The second-order valence-electron chi connectivity index (χ2n) is 4.39. The van der Waals surface area contributed by atoms with Gasteiger partial charge in [0, 0.05) is 26.3 Å². The number of ether oxygens (including phenoxy) is 1. The molecule has 100 valence electrons. The zero-order chi connectivity index (χ0) is 13.2. The van der Waals surface area contributed by atoms with Gasteiger partial charge in [-0.3, -0.25) is 0 Å². The molecular formula is C14H33NO. The topological polar surface area (TPSA) is 12.5 Å². The average molecular weight is 231 g/mol. The van der Waals surface area contributed by atoms with Crippen molar-refractivity contribution in [3.05, 3.63) is 0 Å². The van der Waals surface area contributed by atoms with E-state index in [1.54, 1.807) is 0 Å². The van der Waals surface area contributed by atoms with E-state index in [9.17, 15) is 0 Å². The zero-order valence-corrected chi connectivity index (χ0v) is 12.8. The number of hydrogen-bond donors (Lipinski definition) is 0. The molecule has 0 amide bonds. The van der Waals surface area contributed by atoms with Gasteiger partial charge in [-0.2, -0.15) is 0 Å². The molecule has 1 aliphatic rings. The molecule has 0 spiro atoms. The van der Waals surface area contributed by atoms with E-state index in [1.165, 1.54) is 13.1 Å². The van der Waals surface area contributed by atoms with E-state index in [0.29, 0.717) is 11.3 Å². The Hall–Kier alpha value is -0.0800. The van der Waals surface area contributed by atoms with Gasteiger partial charge < -0.3 is 9.64 Å². The highest BCUT2D eigenvalue weighted by atomic mass is 16.5. The molecule has 0 aromatic carbocycles. The summed E-state index contributed by atoms with van der Waals surface area (Å²) in [6.45, 7) is 18.9. The summed E-state index contributed by atoms with van der Waals surface area (Å²) < 4.78 is 5.43. The normalized spacial score (nSPS) is 19.5. The van der Waals surface area contributed by atoms with Crippen molar-refractivity contribution in [1.29, 1.82) is 0 Å². The molecule has 1 heterocycles. The molecule has 0 aromatic rings. The quantitative estimate of drug-likeness (QED) is 0.732. The van der Waals surface area contributed by atoms with Crippen molar-refractivity contribution in [2.75, 3.05) is 33.4 Å². The van der Waals surface area contributed by atoms with E-state index in [1.807, 2.05) is 27.7 Å². The molecule has 1 saturated heterocycles. The lowest BCUT2D eigenvalue weighted by Gasteiger charge is -2.50. The predicted octanol–water partition coefficient (Wildman–Crippen LogP) is 3.66. The molecule has 0 aliphatic carbocycles. The Labute approximate surface area is 103 Å². The highest BCUT2D eigenvalue weighted by Gasteiger charge is 2.40. The van der Waals surface area contributed by atoms with Gasteiger partial charge in [-0.05, 0) is 25.3 Å². The first-order valence-electron chi connectivity index (χ1n) is 6.85. The molecular weight excluding hydrogens is 198 g/mol. The summed E-state index contributed by atoms with van der Waals surface area (Å²) >= 11 is 0. The predicted molar refractivity (Wildman–Crippen MR) is 74.0 cm³/mol. The molecule has 1 aliphatic heterocycles. The van der Waals surface area contributed by atoms with Crippen molar-refractivity contribution < 1.29 is 4.74 Å². The maximum Gasteiger partial charge on any atom is 0.0497 e. The standard InChI is InChI=1S/C10H21NO.2C2H6/c1-5-12-6-9(2)10(3)7-11(4)8-10;2*1-2/h9H,5-8H2,1-4H3;2*1-2H3. The monoisotopic (exact) mass is 231 g/mol. The maximum absolute atomic E-state index is 5.43. The Kier molecular flexibility index (Phi) is 11.5. The van der Waals surface area contributed by atoms with E-state index in [4.69, 9.17) is 4.74 Å². The fraction of sp³-hybridized carbons (Fsp3) is 1.00. The third-order valence-corrected chi connectivity index (χ3v) is 3.02. The minimum atomic E-state index is 0.504. The van der Waals surface area contributed by atoms with Crippen molar-refractivity contribution in [1.82, 2.24) is 4.90 Å². The number of hydrogen-bond acceptors (Lipinski definition) is 2. The highest BCUT2D eigenvalue weighted by molar-refractivity contribution is 4.93. The highest BCUT2D eigenvalue weighted by Crippen LogP contribution is 2.36. The molecule has 2 heteroatoms. The molecule has 2 nitrogen and oxygen atoms in total. The van der Waals surface area contributed by atoms with Gasteiger partial charge in [-0.1, -0.05) is 41.5 Å². The van der Waals surface area contributed by atoms with Crippen molar-refractivity contribution in [2.24, 2.45) is 11.3 Å². The van der Waals surface area contributed by atoms with Gasteiger partial charge in [-0.15, -0.1) is 0 Å². The lowest BCUT2D eigenvalue weighted by molar-refractivity contribution is -0.0410. The van der Waals surface area contributed by atoms with Crippen LogP contribution in [0.1, 0.15) is 48.5 Å². The Morgan fingerprint density at radius 2 is 1.62 bits per heavy atom. The van der Waals surface area contributed by atoms with Crippen LogP contribution in [-0.2, 0) is 4.74 Å².